The molecule has 8 heteroatoms. The number of amides is 1. The maximum atomic E-state index is 13.1. The van der Waals surface area contributed by atoms with E-state index in [2.05, 4.69) is 5.32 Å². The van der Waals surface area contributed by atoms with E-state index in [1.807, 2.05) is 49.6 Å². The normalized spacial score (nSPS) is 10.8. The molecule has 0 unspecified atom stereocenters. The van der Waals surface area contributed by atoms with Crippen molar-refractivity contribution in [3.63, 3.8) is 0 Å². The van der Waals surface area contributed by atoms with Crippen molar-refractivity contribution in [3.8, 4) is 17.2 Å². The van der Waals surface area contributed by atoms with Gasteiger partial charge in [-0.1, -0.05) is 41.6 Å². The van der Waals surface area contributed by atoms with Crippen LogP contribution < -0.4 is 10.9 Å². The Kier molecular flexibility index (Phi) is 6.40. The van der Waals surface area contributed by atoms with Crippen LogP contribution in [-0.4, -0.2) is 21.2 Å². The van der Waals surface area contributed by atoms with Gasteiger partial charge in [0.1, 0.15) is 4.70 Å². The van der Waals surface area contributed by atoms with Gasteiger partial charge < -0.3 is 5.32 Å². The highest BCUT2D eigenvalue weighted by atomic mass is 32.2. The third kappa shape index (κ3) is 4.44. The number of nitrogens with one attached hydrogen (secondary N) is 1. The van der Waals surface area contributed by atoms with Gasteiger partial charge in [0.25, 0.3) is 5.56 Å². The summed E-state index contributed by atoms with van der Waals surface area (Å²) < 4.78 is 2.23. The average Bonchev–Trinajstić information content (AvgIpc) is 3.23. The minimum atomic E-state index is -0.208. The van der Waals surface area contributed by atoms with Crippen LogP contribution >= 0.6 is 23.1 Å². The predicted octanol–water partition coefficient (Wildman–Crippen LogP) is 5.06. The summed E-state index contributed by atoms with van der Waals surface area (Å²) in [7, 11) is 0. The zero-order valence-electron chi connectivity index (χ0n) is 17.6. The average molecular weight is 461 g/mol. The summed E-state index contributed by atoms with van der Waals surface area (Å²) in [5, 5.41) is 14.2. The van der Waals surface area contributed by atoms with E-state index in [4.69, 9.17) is 10.2 Å². The fraction of sp³-hybridized carbons (Fsp3) is 0.167. The summed E-state index contributed by atoms with van der Waals surface area (Å²) in [6.45, 7) is 4.40. The Labute approximate surface area is 193 Å². The molecule has 0 bridgehead atoms. The van der Waals surface area contributed by atoms with Crippen LogP contribution in [0.25, 0.3) is 21.3 Å². The molecule has 0 spiro atoms. The highest BCUT2D eigenvalue weighted by molar-refractivity contribution is 7.99. The van der Waals surface area contributed by atoms with Gasteiger partial charge in [0.2, 0.25) is 5.91 Å². The Morgan fingerprint density at radius 2 is 1.91 bits per heavy atom. The number of hydrogen-bond donors (Lipinski definition) is 1. The van der Waals surface area contributed by atoms with E-state index in [0.717, 1.165) is 11.1 Å². The van der Waals surface area contributed by atoms with Gasteiger partial charge in [0, 0.05) is 23.2 Å². The second-order valence-corrected chi connectivity index (χ2v) is 8.99. The number of carbonyl (C=O) groups is 1. The van der Waals surface area contributed by atoms with Crippen LogP contribution in [0.4, 0.5) is 5.69 Å². The molecule has 0 radical (unpaired) electrons. The maximum Gasteiger partial charge on any atom is 0.272 e. The zero-order chi connectivity index (χ0) is 22.7. The van der Waals surface area contributed by atoms with Crippen LogP contribution in [0.15, 0.2) is 63.9 Å². The zero-order valence-corrected chi connectivity index (χ0v) is 19.2. The molecule has 4 aromatic rings. The van der Waals surface area contributed by atoms with Gasteiger partial charge in [-0.15, -0.1) is 11.3 Å². The van der Waals surface area contributed by atoms with Crippen molar-refractivity contribution < 1.29 is 4.79 Å². The molecule has 2 heterocycles. The minimum absolute atomic E-state index is 0.0872. The van der Waals surface area contributed by atoms with Gasteiger partial charge in [-0.05, 0) is 43.7 Å². The molecule has 0 aliphatic rings. The van der Waals surface area contributed by atoms with Crippen molar-refractivity contribution in [2.24, 2.45) is 0 Å². The van der Waals surface area contributed by atoms with Crippen LogP contribution in [0, 0.1) is 18.3 Å². The summed E-state index contributed by atoms with van der Waals surface area (Å²) in [6.07, 6.45) is 0. The van der Waals surface area contributed by atoms with Crippen molar-refractivity contribution in [3.05, 3.63) is 75.4 Å². The summed E-state index contributed by atoms with van der Waals surface area (Å²) in [4.78, 5) is 30.3. The second kappa shape index (κ2) is 9.39. The second-order valence-electron chi connectivity index (χ2n) is 7.16. The number of thiophene rings is 1. The SMILES string of the molecule is CCn1c(SCC(=O)Nc2ccc(C#N)cc2)nc2c(-c3ccc(C)cc3)csc2c1=O. The first kappa shape index (κ1) is 21.8. The first-order valence-corrected chi connectivity index (χ1v) is 11.9. The van der Waals surface area contributed by atoms with Crippen LogP contribution in [0.3, 0.4) is 0 Å². The van der Waals surface area contributed by atoms with E-state index in [1.165, 1.54) is 28.7 Å². The van der Waals surface area contributed by atoms with E-state index in [-0.39, 0.29) is 17.2 Å². The number of carbonyl (C=O) groups excluding carboxylic acids is 1. The van der Waals surface area contributed by atoms with Gasteiger partial charge in [-0.25, -0.2) is 4.98 Å². The summed E-state index contributed by atoms with van der Waals surface area (Å²) in [5.41, 5.74) is 4.83. The van der Waals surface area contributed by atoms with Crippen molar-refractivity contribution in [2.45, 2.75) is 25.5 Å². The topological polar surface area (TPSA) is 87.8 Å². The van der Waals surface area contributed by atoms with E-state index in [1.54, 1.807) is 28.8 Å². The van der Waals surface area contributed by atoms with Gasteiger partial charge >= 0.3 is 0 Å². The Morgan fingerprint density at radius 3 is 2.56 bits per heavy atom. The highest BCUT2D eigenvalue weighted by Crippen LogP contribution is 2.32. The Bertz CT molecular complexity index is 1380. The molecular formula is C24H20N4O2S2. The molecule has 4 rings (SSSR count). The highest BCUT2D eigenvalue weighted by Gasteiger charge is 2.17. The lowest BCUT2D eigenvalue weighted by molar-refractivity contribution is -0.113. The lowest BCUT2D eigenvalue weighted by Gasteiger charge is -2.11. The van der Waals surface area contributed by atoms with Gasteiger partial charge in [0.15, 0.2) is 5.16 Å². The van der Waals surface area contributed by atoms with Crippen LogP contribution in [0.1, 0.15) is 18.1 Å². The van der Waals surface area contributed by atoms with Gasteiger partial charge in [-0.3, -0.25) is 14.2 Å². The van der Waals surface area contributed by atoms with Crippen molar-refractivity contribution in [1.82, 2.24) is 9.55 Å². The molecule has 2 aromatic carbocycles. The van der Waals surface area contributed by atoms with E-state index in [0.29, 0.717) is 33.2 Å². The summed E-state index contributed by atoms with van der Waals surface area (Å²) in [5.74, 6) is -0.0946. The quantitative estimate of drug-likeness (QED) is 0.321. The third-order valence-electron chi connectivity index (χ3n) is 4.95. The van der Waals surface area contributed by atoms with Crippen LogP contribution in [-0.2, 0) is 11.3 Å². The summed E-state index contributed by atoms with van der Waals surface area (Å²) >= 11 is 2.64. The monoisotopic (exact) mass is 460 g/mol. The molecular weight excluding hydrogens is 440 g/mol. The molecule has 0 atom stereocenters. The van der Waals surface area contributed by atoms with E-state index < -0.39 is 0 Å². The molecule has 160 valence electrons. The molecule has 0 aliphatic carbocycles. The molecule has 0 aliphatic heterocycles. The number of aryl methyl sites for hydroxylation is 1. The molecule has 0 saturated carbocycles. The van der Waals surface area contributed by atoms with Gasteiger partial charge in [0.05, 0.1) is 22.9 Å². The van der Waals surface area contributed by atoms with Crippen LogP contribution in [0.2, 0.25) is 0 Å². The lowest BCUT2D eigenvalue weighted by Crippen LogP contribution is -2.22. The Morgan fingerprint density at radius 1 is 1.19 bits per heavy atom. The number of rotatable bonds is 6. The third-order valence-corrected chi connectivity index (χ3v) is 6.89. The molecule has 1 amide bonds. The fourth-order valence-electron chi connectivity index (χ4n) is 3.26. The molecule has 32 heavy (non-hydrogen) atoms. The molecule has 2 aromatic heterocycles. The standard InChI is InChI=1S/C24H20N4O2S2/c1-3-28-23(30)22-21(19(13-31-22)17-8-4-15(2)5-9-17)27-24(28)32-14-20(29)26-18-10-6-16(12-25)7-11-18/h4-11,13H,3,14H2,1-2H3,(H,26,29). The number of benzene rings is 2. The summed E-state index contributed by atoms with van der Waals surface area (Å²) in [6, 6.07) is 16.9. The lowest BCUT2D eigenvalue weighted by atomic mass is 10.1. The number of fused-ring (bicyclic) bond motifs is 1. The van der Waals surface area contributed by atoms with Crippen LogP contribution in [0.5, 0.6) is 0 Å². The number of nitrogens with zero attached hydrogens (tertiary/aromatic N) is 3. The van der Waals surface area contributed by atoms with Crippen molar-refractivity contribution in [1.29, 1.82) is 5.26 Å². The molecule has 6 nitrogen and oxygen atoms in total. The predicted molar refractivity (Wildman–Crippen MR) is 130 cm³/mol. The van der Waals surface area contributed by atoms with Gasteiger partial charge in [-0.2, -0.15) is 5.26 Å². The maximum absolute atomic E-state index is 13.1. The van der Waals surface area contributed by atoms with E-state index in [9.17, 15) is 9.59 Å². The Balaban J connectivity index is 1.60. The minimum Gasteiger partial charge on any atom is -0.325 e. The van der Waals surface area contributed by atoms with Crippen molar-refractivity contribution in [2.75, 3.05) is 11.1 Å². The number of hydrogen-bond acceptors (Lipinski definition) is 6. The number of nitriles is 1. The molecule has 0 saturated heterocycles. The molecule has 1 N–H and O–H groups in total. The molecule has 0 fully saturated rings. The van der Waals surface area contributed by atoms with E-state index >= 15 is 0 Å². The largest absolute Gasteiger partial charge is 0.325 e. The number of anilines is 1. The first-order chi connectivity index (χ1) is 15.5. The number of aromatic nitrogens is 2. The first-order valence-electron chi connectivity index (χ1n) is 10.0. The van der Waals surface area contributed by atoms with Crippen molar-refractivity contribution >= 4 is 44.9 Å². The fourth-order valence-corrected chi connectivity index (χ4v) is 5.08. The smallest absolute Gasteiger partial charge is 0.272 e. The number of thioether (sulfide) groups is 1. The Hall–Kier alpha value is -3.41.